The van der Waals surface area contributed by atoms with E-state index in [1.807, 2.05) is 11.0 Å². The van der Waals surface area contributed by atoms with Crippen LogP contribution in [0.2, 0.25) is 0 Å². The predicted octanol–water partition coefficient (Wildman–Crippen LogP) is 2.13. The molecule has 1 aliphatic carbocycles. The molecule has 1 saturated carbocycles. The van der Waals surface area contributed by atoms with Crippen molar-refractivity contribution >= 4 is 23.2 Å². The first-order chi connectivity index (χ1) is 11.6. The maximum Gasteiger partial charge on any atom is 0.276 e. The summed E-state index contributed by atoms with van der Waals surface area (Å²) in [5, 5.41) is 5.84. The Balaban J connectivity index is 1.32. The summed E-state index contributed by atoms with van der Waals surface area (Å²) >= 11 is 1.73. The van der Waals surface area contributed by atoms with Gasteiger partial charge in [0.25, 0.3) is 5.91 Å². The quantitative estimate of drug-likeness (QED) is 0.855. The summed E-state index contributed by atoms with van der Waals surface area (Å²) in [5.74, 6) is 1.26. The van der Waals surface area contributed by atoms with Gasteiger partial charge in [0.05, 0.1) is 0 Å². The van der Waals surface area contributed by atoms with Crippen LogP contribution < -0.4 is 0 Å². The second-order valence-electron chi connectivity index (χ2n) is 6.40. The molecule has 0 radical (unpaired) electrons. The summed E-state index contributed by atoms with van der Waals surface area (Å²) < 4.78 is 4.96. The van der Waals surface area contributed by atoms with Crippen molar-refractivity contribution in [3.8, 4) is 0 Å². The second-order valence-corrected chi connectivity index (χ2v) is 7.38. The molecule has 1 aliphatic heterocycles. The van der Waals surface area contributed by atoms with Gasteiger partial charge in [0, 0.05) is 49.0 Å². The number of nitrogens with zero attached hydrogens (tertiary/aromatic N) is 3. The molecule has 0 spiro atoms. The van der Waals surface area contributed by atoms with Gasteiger partial charge in [-0.2, -0.15) is 0 Å². The Hall–Kier alpha value is -2.15. The summed E-state index contributed by atoms with van der Waals surface area (Å²) in [5.41, 5.74) is 0.340. The summed E-state index contributed by atoms with van der Waals surface area (Å²) in [6, 6.07) is 5.80. The number of rotatable bonds is 3. The van der Waals surface area contributed by atoms with Gasteiger partial charge in [-0.15, -0.1) is 11.3 Å². The van der Waals surface area contributed by atoms with Gasteiger partial charge in [-0.3, -0.25) is 9.59 Å². The zero-order chi connectivity index (χ0) is 16.7. The van der Waals surface area contributed by atoms with Gasteiger partial charge in [-0.25, -0.2) is 0 Å². The maximum absolute atomic E-state index is 12.6. The van der Waals surface area contributed by atoms with Crippen molar-refractivity contribution < 1.29 is 14.1 Å². The maximum atomic E-state index is 12.6. The van der Waals surface area contributed by atoms with E-state index in [-0.39, 0.29) is 17.7 Å². The van der Waals surface area contributed by atoms with Crippen LogP contribution in [-0.4, -0.2) is 52.9 Å². The number of piperazine rings is 1. The molecule has 126 valence electrons. The van der Waals surface area contributed by atoms with Crippen molar-refractivity contribution in [1.82, 2.24) is 15.0 Å². The minimum Gasteiger partial charge on any atom is -0.361 e. The van der Waals surface area contributed by atoms with Gasteiger partial charge in [0.1, 0.15) is 5.76 Å². The summed E-state index contributed by atoms with van der Waals surface area (Å²) in [4.78, 5) is 29.9. The molecule has 4 rings (SSSR count). The van der Waals surface area contributed by atoms with Gasteiger partial charge < -0.3 is 14.3 Å². The molecule has 0 aromatic carbocycles. The van der Waals surface area contributed by atoms with Gasteiger partial charge in [0.2, 0.25) is 5.91 Å². The van der Waals surface area contributed by atoms with Gasteiger partial charge in [-0.05, 0) is 24.8 Å². The first-order valence-electron chi connectivity index (χ1n) is 8.18. The molecule has 2 aliphatic rings. The van der Waals surface area contributed by atoms with Crippen molar-refractivity contribution in [3.05, 3.63) is 39.9 Å². The lowest BCUT2D eigenvalue weighted by molar-refractivity contribution is -0.134. The first-order valence-corrected chi connectivity index (χ1v) is 9.06. The highest BCUT2D eigenvalue weighted by molar-refractivity contribution is 7.10. The van der Waals surface area contributed by atoms with Crippen LogP contribution >= 0.6 is 11.3 Å². The fraction of sp³-hybridized carbons (Fsp3) is 0.471. The van der Waals surface area contributed by atoms with E-state index in [4.69, 9.17) is 4.52 Å². The lowest BCUT2D eigenvalue weighted by Crippen LogP contribution is -2.51. The van der Waals surface area contributed by atoms with E-state index in [1.165, 1.54) is 4.88 Å². The molecule has 1 saturated heterocycles. The third-order valence-electron chi connectivity index (χ3n) is 4.74. The van der Waals surface area contributed by atoms with Gasteiger partial charge in [-0.1, -0.05) is 11.2 Å². The highest BCUT2D eigenvalue weighted by Gasteiger charge is 2.46. The molecule has 2 aromatic heterocycles. The molecule has 0 bridgehead atoms. The highest BCUT2D eigenvalue weighted by Crippen LogP contribution is 2.50. The standard InChI is InChI=1S/C17H19N3O3S/c1-11-9-14(18-23-11)17(22)20-6-4-19(5-7-20)16(21)13-10-12(13)15-3-2-8-24-15/h2-3,8-9,12-13H,4-7,10H2,1H3/t12-,13-/m1/s1. The number of aryl methyl sites for hydroxylation is 1. The van der Waals surface area contributed by atoms with E-state index in [0.717, 1.165) is 6.42 Å². The molecule has 2 fully saturated rings. The van der Waals surface area contributed by atoms with E-state index in [0.29, 0.717) is 43.6 Å². The van der Waals surface area contributed by atoms with Gasteiger partial charge in [0.15, 0.2) is 5.69 Å². The minimum absolute atomic E-state index is 0.123. The number of hydrogen-bond acceptors (Lipinski definition) is 5. The molecule has 24 heavy (non-hydrogen) atoms. The smallest absolute Gasteiger partial charge is 0.276 e. The fourth-order valence-electron chi connectivity index (χ4n) is 3.28. The van der Waals surface area contributed by atoms with E-state index < -0.39 is 0 Å². The summed E-state index contributed by atoms with van der Waals surface area (Å²) in [6.07, 6.45) is 0.955. The third kappa shape index (κ3) is 2.84. The molecule has 7 heteroatoms. The van der Waals surface area contributed by atoms with Crippen LogP contribution in [0.5, 0.6) is 0 Å². The number of hydrogen-bond donors (Lipinski definition) is 0. The fourth-order valence-corrected chi connectivity index (χ4v) is 4.18. The van der Waals surface area contributed by atoms with Crippen molar-refractivity contribution in [2.45, 2.75) is 19.3 Å². The first kappa shape index (κ1) is 15.4. The number of amides is 2. The summed E-state index contributed by atoms with van der Waals surface area (Å²) in [6.45, 7) is 4.05. The third-order valence-corrected chi connectivity index (χ3v) is 5.75. The van der Waals surface area contributed by atoms with Crippen LogP contribution in [-0.2, 0) is 4.79 Å². The topological polar surface area (TPSA) is 66.7 Å². The van der Waals surface area contributed by atoms with Crippen molar-refractivity contribution in [3.63, 3.8) is 0 Å². The second kappa shape index (κ2) is 6.05. The number of carbonyl (C=O) groups is 2. The lowest BCUT2D eigenvalue weighted by atomic mass is 10.2. The number of carbonyl (C=O) groups excluding carboxylic acids is 2. The predicted molar refractivity (Wildman–Crippen MR) is 88.9 cm³/mol. The largest absolute Gasteiger partial charge is 0.361 e. The Kier molecular flexibility index (Phi) is 3.88. The Labute approximate surface area is 144 Å². The molecule has 2 amide bonds. The molecular weight excluding hydrogens is 326 g/mol. The lowest BCUT2D eigenvalue weighted by Gasteiger charge is -2.34. The Bertz CT molecular complexity index is 747. The molecule has 6 nitrogen and oxygen atoms in total. The van der Waals surface area contributed by atoms with Crippen LogP contribution in [0.4, 0.5) is 0 Å². The molecule has 2 aromatic rings. The van der Waals surface area contributed by atoms with Gasteiger partial charge >= 0.3 is 0 Å². The zero-order valence-electron chi connectivity index (χ0n) is 13.5. The Morgan fingerprint density at radius 3 is 2.62 bits per heavy atom. The molecule has 0 N–H and O–H groups in total. The van der Waals surface area contributed by atoms with Crippen LogP contribution in [0.25, 0.3) is 0 Å². The Morgan fingerprint density at radius 2 is 2.00 bits per heavy atom. The number of thiophene rings is 1. The highest BCUT2D eigenvalue weighted by atomic mass is 32.1. The monoisotopic (exact) mass is 345 g/mol. The van der Waals surface area contributed by atoms with Crippen LogP contribution in [0.15, 0.2) is 28.1 Å². The van der Waals surface area contributed by atoms with Crippen LogP contribution in [0.3, 0.4) is 0 Å². The van der Waals surface area contributed by atoms with Crippen molar-refractivity contribution in [2.75, 3.05) is 26.2 Å². The summed E-state index contributed by atoms with van der Waals surface area (Å²) in [7, 11) is 0. The van der Waals surface area contributed by atoms with E-state index in [9.17, 15) is 9.59 Å². The molecular formula is C17H19N3O3S. The minimum atomic E-state index is -0.123. The number of aromatic nitrogens is 1. The van der Waals surface area contributed by atoms with E-state index in [1.54, 1.807) is 29.2 Å². The van der Waals surface area contributed by atoms with Crippen LogP contribution in [0.1, 0.15) is 33.5 Å². The average Bonchev–Trinajstić information content (AvgIpc) is 3.00. The van der Waals surface area contributed by atoms with E-state index >= 15 is 0 Å². The van der Waals surface area contributed by atoms with Crippen molar-refractivity contribution in [1.29, 1.82) is 0 Å². The zero-order valence-corrected chi connectivity index (χ0v) is 14.3. The average molecular weight is 345 g/mol. The molecule has 0 unspecified atom stereocenters. The van der Waals surface area contributed by atoms with Crippen LogP contribution in [0, 0.1) is 12.8 Å². The Morgan fingerprint density at radius 1 is 1.25 bits per heavy atom. The molecule has 2 atom stereocenters. The van der Waals surface area contributed by atoms with E-state index in [2.05, 4.69) is 16.6 Å². The molecule has 3 heterocycles. The normalized spacial score (nSPS) is 23.4. The van der Waals surface area contributed by atoms with Crippen molar-refractivity contribution in [2.24, 2.45) is 5.92 Å². The SMILES string of the molecule is Cc1cc(C(=O)N2CCN(C(=O)[C@@H]3C[C@H]3c3cccs3)CC2)no1.